The Morgan fingerprint density at radius 1 is 1.35 bits per heavy atom. The first-order chi connectivity index (χ1) is 12.2. The molecular formula is C17H26N2O5S2. The summed E-state index contributed by atoms with van der Waals surface area (Å²) < 4.78 is 31.7. The van der Waals surface area contributed by atoms with Gasteiger partial charge >= 0.3 is 5.97 Å². The minimum absolute atomic E-state index is 0.0729. The van der Waals surface area contributed by atoms with E-state index in [2.05, 4.69) is 4.72 Å². The summed E-state index contributed by atoms with van der Waals surface area (Å²) >= 11 is 1.10. The Morgan fingerprint density at radius 3 is 2.58 bits per heavy atom. The fraction of sp³-hybridized carbons (Fsp3) is 0.647. The molecule has 0 aromatic carbocycles. The zero-order valence-corrected chi connectivity index (χ0v) is 16.9. The normalized spacial score (nSPS) is 22.0. The number of hydrogen-bond acceptors (Lipinski definition) is 6. The minimum atomic E-state index is -3.60. The first-order valence-electron chi connectivity index (χ1n) is 8.77. The summed E-state index contributed by atoms with van der Waals surface area (Å²) in [6.45, 7) is 5.49. The van der Waals surface area contributed by atoms with Crippen LogP contribution in [0.5, 0.6) is 0 Å². The van der Waals surface area contributed by atoms with Crippen LogP contribution in [0.2, 0.25) is 0 Å². The van der Waals surface area contributed by atoms with Crippen LogP contribution in [-0.2, 0) is 24.3 Å². The average molecular weight is 403 g/mol. The molecule has 1 aromatic heterocycles. The molecule has 9 heteroatoms. The molecule has 2 rings (SSSR count). The number of likely N-dealkylation sites (tertiary alicyclic amines) is 1. The number of piperidine rings is 1. The highest BCUT2D eigenvalue weighted by atomic mass is 32.2. The van der Waals surface area contributed by atoms with Gasteiger partial charge in [0.05, 0.1) is 6.42 Å². The summed E-state index contributed by atoms with van der Waals surface area (Å²) in [6.07, 6.45) is 1.97. The molecule has 0 saturated carbocycles. The summed E-state index contributed by atoms with van der Waals surface area (Å²) in [5, 5.41) is 1.67. The lowest BCUT2D eigenvalue weighted by atomic mass is 9.97. The summed E-state index contributed by atoms with van der Waals surface area (Å²) in [5.74, 6) is -0.797. The third-order valence-corrected chi connectivity index (χ3v) is 7.34. The molecule has 0 aliphatic carbocycles. The van der Waals surface area contributed by atoms with Crippen molar-refractivity contribution in [2.45, 2.75) is 68.9 Å². The Kier molecular flexibility index (Phi) is 7.19. The van der Waals surface area contributed by atoms with Crippen molar-refractivity contribution >= 4 is 33.2 Å². The van der Waals surface area contributed by atoms with Crippen LogP contribution >= 0.6 is 11.3 Å². The van der Waals surface area contributed by atoms with Crippen molar-refractivity contribution in [2.24, 2.45) is 0 Å². The molecular weight excluding hydrogens is 376 g/mol. The zero-order chi connectivity index (χ0) is 19.3. The molecule has 1 fully saturated rings. The van der Waals surface area contributed by atoms with E-state index in [9.17, 15) is 18.0 Å². The monoisotopic (exact) mass is 402 g/mol. The van der Waals surface area contributed by atoms with E-state index in [4.69, 9.17) is 4.74 Å². The van der Waals surface area contributed by atoms with E-state index in [1.807, 2.05) is 13.8 Å². The molecule has 146 valence electrons. The number of hydrogen-bond donors (Lipinski definition) is 1. The van der Waals surface area contributed by atoms with E-state index in [1.165, 1.54) is 6.07 Å². The molecule has 7 nitrogen and oxygen atoms in total. The molecule has 3 unspecified atom stereocenters. The topological polar surface area (TPSA) is 92.8 Å². The third kappa shape index (κ3) is 5.28. The van der Waals surface area contributed by atoms with Gasteiger partial charge in [-0.05, 0) is 51.5 Å². The Labute approximate surface area is 158 Å². The first-order valence-corrected chi connectivity index (χ1v) is 11.1. The maximum absolute atomic E-state index is 12.6. The number of esters is 1. The molecule has 1 saturated heterocycles. The Hall–Kier alpha value is -1.45. The van der Waals surface area contributed by atoms with Crippen LogP contribution in [0.3, 0.4) is 0 Å². The molecule has 1 N–H and O–H groups in total. The van der Waals surface area contributed by atoms with Gasteiger partial charge in [-0.1, -0.05) is 6.07 Å². The van der Waals surface area contributed by atoms with Gasteiger partial charge < -0.3 is 9.64 Å². The number of ether oxygens (including phenoxy) is 1. The van der Waals surface area contributed by atoms with Gasteiger partial charge in [0, 0.05) is 18.6 Å². The fourth-order valence-electron chi connectivity index (χ4n) is 3.15. The van der Waals surface area contributed by atoms with Crippen molar-refractivity contribution in [1.82, 2.24) is 9.62 Å². The van der Waals surface area contributed by atoms with Gasteiger partial charge in [-0.2, -0.15) is 0 Å². The van der Waals surface area contributed by atoms with Gasteiger partial charge in [0.25, 0.3) is 5.91 Å². The number of rotatable bonds is 7. The van der Waals surface area contributed by atoms with E-state index in [-0.39, 0.29) is 35.2 Å². The Morgan fingerprint density at radius 2 is 2.00 bits per heavy atom. The van der Waals surface area contributed by atoms with Crippen molar-refractivity contribution in [2.75, 3.05) is 6.54 Å². The van der Waals surface area contributed by atoms with Crippen LogP contribution in [-0.4, -0.2) is 49.9 Å². The number of carbonyl (C=O) groups excluding carboxylic acids is 2. The van der Waals surface area contributed by atoms with Crippen LogP contribution < -0.4 is 4.72 Å². The first kappa shape index (κ1) is 20.9. The fourth-order valence-corrected chi connectivity index (χ4v) is 5.22. The van der Waals surface area contributed by atoms with Crippen LogP contribution in [0, 0.1) is 0 Å². The van der Waals surface area contributed by atoms with Crippen molar-refractivity contribution in [3.8, 4) is 0 Å². The van der Waals surface area contributed by atoms with Gasteiger partial charge in [-0.3, -0.25) is 9.59 Å². The minimum Gasteiger partial charge on any atom is -0.452 e. The lowest BCUT2D eigenvalue weighted by Gasteiger charge is -2.40. The van der Waals surface area contributed by atoms with Gasteiger partial charge in [0.2, 0.25) is 10.0 Å². The van der Waals surface area contributed by atoms with Crippen molar-refractivity contribution in [3.05, 3.63) is 17.5 Å². The molecule has 2 heterocycles. The standard InChI is InChI=1S/C17H26N2O5S2/c1-12-6-4-7-13(2)19(12)17(21)14(3)24-15(20)9-10-18-26(22,23)16-8-5-11-25-16/h5,8,11-14,18H,4,6-7,9-10H2,1-3H3. The zero-order valence-electron chi connectivity index (χ0n) is 15.3. The van der Waals surface area contributed by atoms with Crippen molar-refractivity contribution in [3.63, 3.8) is 0 Å². The second-order valence-corrected chi connectivity index (χ2v) is 9.53. The van der Waals surface area contributed by atoms with Crippen LogP contribution in [0.15, 0.2) is 21.7 Å². The number of carbonyl (C=O) groups is 2. The van der Waals surface area contributed by atoms with Gasteiger partial charge in [-0.25, -0.2) is 13.1 Å². The van der Waals surface area contributed by atoms with Crippen LogP contribution in [0.25, 0.3) is 0 Å². The predicted octanol–water partition coefficient (Wildman–Crippen LogP) is 2.14. The largest absolute Gasteiger partial charge is 0.452 e. The van der Waals surface area contributed by atoms with Gasteiger partial charge in [0.1, 0.15) is 4.21 Å². The molecule has 1 aromatic rings. The molecule has 3 atom stereocenters. The van der Waals surface area contributed by atoms with Crippen molar-refractivity contribution < 1.29 is 22.7 Å². The molecule has 0 radical (unpaired) electrons. The Bertz CT molecular complexity index is 708. The summed E-state index contributed by atoms with van der Waals surface area (Å²) in [5.41, 5.74) is 0. The van der Waals surface area contributed by atoms with E-state index >= 15 is 0 Å². The quantitative estimate of drug-likeness (QED) is 0.706. The second-order valence-electron chi connectivity index (χ2n) is 6.59. The molecule has 0 spiro atoms. The van der Waals surface area contributed by atoms with Gasteiger partial charge in [0.15, 0.2) is 6.10 Å². The highest BCUT2D eigenvalue weighted by molar-refractivity contribution is 7.91. The summed E-state index contributed by atoms with van der Waals surface area (Å²) in [4.78, 5) is 26.3. The van der Waals surface area contributed by atoms with Crippen LogP contribution in [0.1, 0.15) is 46.5 Å². The number of sulfonamides is 1. The summed E-state index contributed by atoms with van der Waals surface area (Å²) in [6, 6.07) is 3.39. The van der Waals surface area contributed by atoms with Gasteiger partial charge in [-0.15, -0.1) is 11.3 Å². The number of amides is 1. The summed E-state index contributed by atoms with van der Waals surface area (Å²) in [7, 11) is -3.60. The van der Waals surface area contributed by atoms with E-state index < -0.39 is 22.1 Å². The van der Waals surface area contributed by atoms with Crippen LogP contribution in [0.4, 0.5) is 0 Å². The maximum atomic E-state index is 12.6. The molecule has 1 aliphatic rings. The van der Waals surface area contributed by atoms with E-state index in [1.54, 1.807) is 23.3 Å². The lowest BCUT2D eigenvalue weighted by Crippen LogP contribution is -2.51. The number of nitrogens with zero attached hydrogens (tertiary/aromatic N) is 1. The van der Waals surface area contributed by atoms with E-state index in [0.717, 1.165) is 30.6 Å². The highest BCUT2D eigenvalue weighted by Crippen LogP contribution is 2.23. The molecule has 26 heavy (non-hydrogen) atoms. The lowest BCUT2D eigenvalue weighted by molar-refractivity contribution is -0.162. The Balaban J connectivity index is 1.80. The van der Waals surface area contributed by atoms with E-state index in [0.29, 0.717) is 0 Å². The molecule has 1 aliphatic heterocycles. The molecule has 0 bridgehead atoms. The maximum Gasteiger partial charge on any atom is 0.307 e. The molecule has 1 amide bonds. The SMILES string of the molecule is CC(OC(=O)CCNS(=O)(=O)c1cccs1)C(=O)N1C(C)CCCC1C. The second kappa shape index (κ2) is 8.96. The average Bonchev–Trinajstić information content (AvgIpc) is 3.09. The van der Waals surface area contributed by atoms with Crippen molar-refractivity contribution in [1.29, 1.82) is 0 Å². The number of nitrogens with one attached hydrogen (secondary N) is 1. The highest BCUT2D eigenvalue weighted by Gasteiger charge is 2.33. The predicted molar refractivity (Wildman–Crippen MR) is 99.3 cm³/mol. The third-order valence-electron chi connectivity index (χ3n) is 4.49. The smallest absolute Gasteiger partial charge is 0.307 e. The number of thiophene rings is 1.